The number of carbonyl (C=O) groups excluding carboxylic acids is 1. The number of amides is 2. The van der Waals surface area contributed by atoms with Crippen molar-refractivity contribution in [2.45, 2.75) is 32.6 Å². The molecule has 0 bridgehead atoms. The van der Waals surface area contributed by atoms with Crippen LogP contribution < -0.4 is 14.3 Å². The number of carbonyl (C=O) groups is 1. The molecule has 0 spiro atoms. The Hall–Kier alpha value is -3.78. The maximum absolute atomic E-state index is 13.6. The number of hydrogen-bond donors (Lipinski definition) is 0. The number of aryl methyl sites for hydroxylation is 1. The maximum atomic E-state index is 13.6. The van der Waals surface area contributed by atoms with Crippen molar-refractivity contribution in [1.29, 1.82) is 0 Å². The second-order valence-corrected chi connectivity index (χ2v) is 8.74. The third kappa shape index (κ3) is 5.17. The second-order valence-electron chi connectivity index (χ2n) is 7.53. The Kier molecular flexibility index (Phi) is 6.58. The van der Waals surface area contributed by atoms with Crippen LogP contribution in [-0.4, -0.2) is 34.3 Å². The number of aromatic nitrogens is 1. The SMILES string of the molecule is CC#CCN(Cc1ccccc1)C(=O)/N=c1\sc(C)cn1-c1ccc2c(c1)OC(F)(F)C(F)(F)O2. The molecule has 1 aromatic heterocycles. The van der Waals surface area contributed by atoms with Gasteiger partial charge in [-0.2, -0.15) is 22.6 Å². The topological polar surface area (TPSA) is 56.1 Å². The third-order valence-corrected chi connectivity index (χ3v) is 5.81. The Bertz CT molecular complexity index is 1370. The normalized spacial score (nSPS) is 15.8. The fraction of sp³-hybridized carbons (Fsp3) is 0.250. The van der Waals surface area contributed by atoms with Gasteiger partial charge < -0.3 is 14.4 Å². The lowest BCUT2D eigenvalue weighted by Gasteiger charge is -2.31. The van der Waals surface area contributed by atoms with Gasteiger partial charge in [0.15, 0.2) is 16.3 Å². The zero-order valence-electron chi connectivity index (χ0n) is 18.6. The molecule has 1 aliphatic heterocycles. The summed E-state index contributed by atoms with van der Waals surface area (Å²) in [5, 5.41) is 0. The molecule has 3 aromatic rings. The summed E-state index contributed by atoms with van der Waals surface area (Å²) in [6.07, 6.45) is -8.00. The number of benzene rings is 2. The first kappa shape index (κ1) is 24.3. The van der Waals surface area contributed by atoms with Gasteiger partial charge in [0, 0.05) is 23.7 Å². The lowest BCUT2D eigenvalue weighted by atomic mass is 10.2. The van der Waals surface area contributed by atoms with Crippen molar-refractivity contribution in [2.24, 2.45) is 4.99 Å². The number of halogens is 4. The van der Waals surface area contributed by atoms with Crippen LogP contribution in [0.15, 0.2) is 59.7 Å². The lowest BCUT2D eigenvalue weighted by Crippen LogP contribution is -2.52. The Morgan fingerprint density at radius 1 is 1.09 bits per heavy atom. The van der Waals surface area contributed by atoms with Gasteiger partial charge in [-0.05, 0) is 31.5 Å². The Balaban J connectivity index is 1.69. The minimum atomic E-state index is -4.84. The molecule has 0 fully saturated rings. The van der Waals surface area contributed by atoms with E-state index in [0.717, 1.165) is 22.6 Å². The molecule has 0 unspecified atom stereocenters. The number of ether oxygens (including phenoxy) is 2. The molecule has 11 heteroatoms. The summed E-state index contributed by atoms with van der Waals surface area (Å²) in [5.74, 6) is 4.53. The molecule has 0 N–H and O–H groups in total. The fourth-order valence-electron chi connectivity index (χ4n) is 3.25. The monoisotopic (exact) mass is 505 g/mol. The molecule has 2 heterocycles. The van der Waals surface area contributed by atoms with Gasteiger partial charge in [0.2, 0.25) is 0 Å². The molecular formula is C24H19F4N3O3S. The van der Waals surface area contributed by atoms with Gasteiger partial charge in [-0.25, -0.2) is 4.79 Å². The van der Waals surface area contributed by atoms with Crippen LogP contribution in [0.25, 0.3) is 5.69 Å². The summed E-state index contributed by atoms with van der Waals surface area (Å²) in [7, 11) is 0. The molecule has 6 nitrogen and oxygen atoms in total. The van der Waals surface area contributed by atoms with Crippen LogP contribution in [0.2, 0.25) is 0 Å². The molecule has 2 aromatic carbocycles. The molecule has 1 aliphatic rings. The Morgan fingerprint density at radius 2 is 1.77 bits per heavy atom. The van der Waals surface area contributed by atoms with Crippen LogP contribution in [0.1, 0.15) is 17.4 Å². The summed E-state index contributed by atoms with van der Waals surface area (Å²) in [6.45, 7) is 3.89. The van der Waals surface area contributed by atoms with E-state index in [2.05, 4.69) is 26.3 Å². The highest BCUT2D eigenvalue weighted by atomic mass is 32.1. The quantitative estimate of drug-likeness (QED) is 0.355. The molecule has 0 aliphatic carbocycles. The summed E-state index contributed by atoms with van der Waals surface area (Å²) < 4.78 is 64.0. The molecule has 182 valence electrons. The van der Waals surface area contributed by atoms with Crippen molar-refractivity contribution in [3.8, 4) is 29.0 Å². The summed E-state index contributed by atoms with van der Waals surface area (Å²) in [4.78, 5) is 19.8. The van der Waals surface area contributed by atoms with Crippen molar-refractivity contribution in [3.05, 3.63) is 70.0 Å². The van der Waals surface area contributed by atoms with Gasteiger partial charge in [0.05, 0.1) is 12.2 Å². The van der Waals surface area contributed by atoms with Gasteiger partial charge in [-0.1, -0.05) is 36.3 Å². The van der Waals surface area contributed by atoms with Crippen LogP contribution in [0.3, 0.4) is 0 Å². The molecule has 4 rings (SSSR count). The highest BCUT2D eigenvalue weighted by molar-refractivity contribution is 7.09. The maximum Gasteiger partial charge on any atom is 0.507 e. The zero-order valence-corrected chi connectivity index (χ0v) is 19.4. The molecule has 0 atom stereocenters. The van der Waals surface area contributed by atoms with Gasteiger partial charge in [-0.3, -0.25) is 4.57 Å². The number of thiazole rings is 1. The van der Waals surface area contributed by atoms with Crippen molar-refractivity contribution in [2.75, 3.05) is 6.54 Å². The van der Waals surface area contributed by atoms with Gasteiger partial charge in [-0.15, -0.1) is 17.3 Å². The molecular weight excluding hydrogens is 486 g/mol. The van der Waals surface area contributed by atoms with E-state index in [9.17, 15) is 22.4 Å². The Morgan fingerprint density at radius 3 is 2.46 bits per heavy atom. The van der Waals surface area contributed by atoms with E-state index in [1.807, 2.05) is 30.3 Å². The van der Waals surface area contributed by atoms with Crippen molar-refractivity contribution in [3.63, 3.8) is 0 Å². The predicted molar refractivity (Wildman–Crippen MR) is 121 cm³/mol. The molecule has 0 saturated carbocycles. The minimum Gasteiger partial charge on any atom is -0.421 e. The molecule has 2 amide bonds. The van der Waals surface area contributed by atoms with Crippen LogP contribution >= 0.6 is 11.3 Å². The van der Waals surface area contributed by atoms with Gasteiger partial charge in [0.1, 0.15) is 0 Å². The van der Waals surface area contributed by atoms with E-state index in [-0.39, 0.29) is 23.6 Å². The smallest absolute Gasteiger partial charge is 0.421 e. The molecule has 0 radical (unpaired) electrons. The summed E-state index contributed by atoms with van der Waals surface area (Å²) >= 11 is 1.19. The lowest BCUT2D eigenvalue weighted by molar-refractivity contribution is -0.391. The number of hydrogen-bond acceptors (Lipinski definition) is 4. The van der Waals surface area contributed by atoms with E-state index in [1.54, 1.807) is 20.0 Å². The Labute approximate surface area is 202 Å². The van der Waals surface area contributed by atoms with Gasteiger partial charge >= 0.3 is 18.2 Å². The first-order valence-corrected chi connectivity index (χ1v) is 11.2. The van der Waals surface area contributed by atoms with Crippen molar-refractivity contribution >= 4 is 17.4 Å². The van der Waals surface area contributed by atoms with Crippen LogP contribution in [0, 0.1) is 18.8 Å². The third-order valence-electron chi connectivity index (χ3n) is 4.91. The summed E-state index contributed by atoms with van der Waals surface area (Å²) in [5.41, 5.74) is 1.17. The van der Waals surface area contributed by atoms with Crippen LogP contribution in [-0.2, 0) is 6.54 Å². The number of nitrogens with zero attached hydrogens (tertiary/aromatic N) is 3. The first-order valence-electron chi connectivity index (χ1n) is 10.3. The zero-order chi connectivity index (χ0) is 25.2. The largest absolute Gasteiger partial charge is 0.507 e. The average molecular weight is 505 g/mol. The van der Waals surface area contributed by atoms with Gasteiger partial charge in [0.25, 0.3) is 0 Å². The van der Waals surface area contributed by atoms with E-state index in [1.165, 1.54) is 26.9 Å². The molecule has 35 heavy (non-hydrogen) atoms. The predicted octanol–water partition coefficient (Wildman–Crippen LogP) is 5.35. The van der Waals surface area contributed by atoms with Crippen molar-refractivity contribution in [1.82, 2.24) is 9.47 Å². The van der Waals surface area contributed by atoms with Crippen LogP contribution in [0.5, 0.6) is 11.5 Å². The summed E-state index contributed by atoms with van der Waals surface area (Å²) in [6, 6.07) is 12.4. The van der Waals surface area contributed by atoms with E-state index in [0.29, 0.717) is 0 Å². The van der Waals surface area contributed by atoms with Crippen LogP contribution in [0.4, 0.5) is 22.4 Å². The minimum absolute atomic E-state index is 0.158. The first-order chi connectivity index (χ1) is 16.6. The average Bonchev–Trinajstić information content (AvgIpc) is 3.17. The fourth-order valence-corrected chi connectivity index (χ4v) is 4.07. The van der Waals surface area contributed by atoms with Crippen molar-refractivity contribution < 1.29 is 31.8 Å². The number of fused-ring (bicyclic) bond motifs is 1. The standard InChI is InChI=1S/C24H19F4N3O3S/c1-3-4-12-30(15-17-8-6-5-7-9-17)21(32)29-22-31(14-16(2)35-22)18-10-11-19-20(13-18)34-24(27,28)23(25,26)33-19/h5-11,13-14H,12,15H2,1-2H3/b29-22-. The van der Waals surface area contributed by atoms with E-state index in [4.69, 9.17) is 0 Å². The van der Waals surface area contributed by atoms with E-state index >= 15 is 0 Å². The second kappa shape index (κ2) is 9.46. The number of rotatable bonds is 4. The number of urea groups is 1. The number of alkyl halides is 4. The highest BCUT2D eigenvalue weighted by Crippen LogP contribution is 2.47. The molecule has 0 saturated heterocycles. The highest BCUT2D eigenvalue weighted by Gasteiger charge is 2.65. The van der Waals surface area contributed by atoms with E-state index < -0.39 is 29.7 Å².